The van der Waals surface area contributed by atoms with Crippen LogP contribution in [-0.2, 0) is 26.3 Å². The van der Waals surface area contributed by atoms with Gasteiger partial charge in [0.1, 0.15) is 18.4 Å². The van der Waals surface area contributed by atoms with Crippen molar-refractivity contribution in [1.82, 2.24) is 14.5 Å². The Kier molecular flexibility index (Phi) is 10.4. The van der Waals surface area contributed by atoms with Crippen LogP contribution in [0.1, 0.15) is 38.3 Å². The summed E-state index contributed by atoms with van der Waals surface area (Å²) in [5.74, 6) is -1.14. The fourth-order valence-electron chi connectivity index (χ4n) is 3.64. The van der Waals surface area contributed by atoms with Crippen molar-refractivity contribution in [2.75, 3.05) is 31.5 Å². The van der Waals surface area contributed by atoms with E-state index in [1.807, 2.05) is 52.0 Å². The van der Waals surface area contributed by atoms with E-state index in [0.29, 0.717) is 13.0 Å². The third kappa shape index (κ3) is 7.51. The van der Waals surface area contributed by atoms with Crippen LogP contribution in [0.2, 0.25) is 0 Å². The average Bonchev–Trinajstić information content (AvgIpc) is 2.82. The number of amides is 2. The van der Waals surface area contributed by atoms with Crippen LogP contribution >= 0.6 is 0 Å². The second-order valence-corrected chi connectivity index (χ2v) is 11.4. The van der Waals surface area contributed by atoms with Crippen LogP contribution in [0.4, 0.5) is 10.1 Å². The molecule has 0 aromatic heterocycles. The molecule has 0 saturated carbocycles. The highest BCUT2D eigenvalue weighted by molar-refractivity contribution is 7.90. The van der Waals surface area contributed by atoms with Gasteiger partial charge in [0.25, 0.3) is 0 Å². The topological polar surface area (TPSA) is 90.0 Å². The van der Waals surface area contributed by atoms with Crippen molar-refractivity contribution in [2.45, 2.75) is 46.7 Å². The van der Waals surface area contributed by atoms with E-state index in [4.69, 9.17) is 0 Å². The van der Waals surface area contributed by atoms with Crippen LogP contribution in [0.25, 0.3) is 0 Å². The lowest BCUT2D eigenvalue weighted by molar-refractivity contribution is -0.140. The molecule has 0 unspecified atom stereocenters. The molecule has 0 heterocycles. The second kappa shape index (κ2) is 12.8. The molecule has 1 N–H and O–H groups in total. The van der Waals surface area contributed by atoms with Crippen molar-refractivity contribution < 1.29 is 22.4 Å². The minimum atomic E-state index is -4.09. The second-order valence-electron chi connectivity index (χ2n) is 9.28. The zero-order valence-corrected chi connectivity index (χ0v) is 22.7. The Morgan fingerprint density at radius 2 is 1.64 bits per heavy atom. The van der Waals surface area contributed by atoms with E-state index in [-0.39, 0.29) is 24.1 Å². The van der Waals surface area contributed by atoms with Gasteiger partial charge in [0.15, 0.2) is 0 Å². The van der Waals surface area contributed by atoms with E-state index in [0.717, 1.165) is 31.9 Å². The van der Waals surface area contributed by atoms with Crippen molar-refractivity contribution in [3.05, 3.63) is 65.5 Å². The first-order chi connectivity index (χ1) is 16.9. The molecule has 198 valence electrons. The monoisotopic (exact) mass is 520 g/mol. The predicted molar refractivity (Wildman–Crippen MR) is 140 cm³/mol. The SMILES string of the molecule is CC[C@@H](C(=O)NCC(C)C)N(Cc1ccccc1C)C(=O)CN(c1ccc(F)cc1)S(=O)(=O)N(C)C. The summed E-state index contributed by atoms with van der Waals surface area (Å²) in [4.78, 5) is 28.3. The quantitative estimate of drug-likeness (QED) is 0.465. The highest BCUT2D eigenvalue weighted by Gasteiger charge is 2.34. The zero-order chi connectivity index (χ0) is 27.0. The lowest BCUT2D eigenvalue weighted by Gasteiger charge is -2.34. The standard InChI is InChI=1S/C26H37FN4O4S/c1-7-24(26(33)28-16-19(2)3)30(17-21-11-9-8-10-20(21)4)25(32)18-31(36(34,35)29(5)6)23-14-12-22(27)13-15-23/h8-15,19,24H,7,16-18H2,1-6H3,(H,28,33)/t24-/m0/s1. The van der Waals surface area contributed by atoms with Crippen molar-refractivity contribution in [2.24, 2.45) is 5.92 Å². The molecule has 0 aliphatic carbocycles. The average molecular weight is 521 g/mol. The smallest absolute Gasteiger partial charge is 0.304 e. The summed E-state index contributed by atoms with van der Waals surface area (Å²) in [6, 6.07) is 11.6. The van der Waals surface area contributed by atoms with Gasteiger partial charge in [-0.25, -0.2) is 8.70 Å². The van der Waals surface area contributed by atoms with Crippen LogP contribution in [0.15, 0.2) is 48.5 Å². The van der Waals surface area contributed by atoms with Crippen LogP contribution in [-0.4, -0.2) is 62.7 Å². The van der Waals surface area contributed by atoms with Crippen LogP contribution in [0.3, 0.4) is 0 Å². The Labute approximate surface area is 214 Å². The van der Waals surface area contributed by atoms with E-state index in [2.05, 4.69) is 5.32 Å². The minimum absolute atomic E-state index is 0.137. The van der Waals surface area contributed by atoms with Crippen molar-refractivity contribution in [3.8, 4) is 0 Å². The predicted octanol–water partition coefficient (Wildman–Crippen LogP) is 3.33. The van der Waals surface area contributed by atoms with E-state index < -0.39 is 34.5 Å². The Morgan fingerprint density at radius 3 is 2.17 bits per heavy atom. The largest absolute Gasteiger partial charge is 0.354 e. The first-order valence-electron chi connectivity index (χ1n) is 12.0. The summed E-state index contributed by atoms with van der Waals surface area (Å²) in [7, 11) is -1.38. The first-order valence-corrected chi connectivity index (χ1v) is 13.4. The molecule has 10 heteroatoms. The molecule has 0 radical (unpaired) electrons. The number of nitrogens with one attached hydrogen (secondary N) is 1. The number of nitrogens with zero attached hydrogens (tertiary/aromatic N) is 3. The van der Waals surface area contributed by atoms with E-state index >= 15 is 0 Å². The van der Waals surface area contributed by atoms with Crippen LogP contribution < -0.4 is 9.62 Å². The van der Waals surface area contributed by atoms with Crippen molar-refractivity contribution in [1.29, 1.82) is 0 Å². The summed E-state index contributed by atoms with van der Waals surface area (Å²) >= 11 is 0. The molecule has 2 amide bonds. The van der Waals surface area contributed by atoms with Gasteiger partial charge in [-0.1, -0.05) is 45.0 Å². The molecular weight excluding hydrogens is 483 g/mol. The van der Waals surface area contributed by atoms with Gasteiger partial charge in [-0.2, -0.15) is 12.7 Å². The molecule has 0 bridgehead atoms. The van der Waals surface area contributed by atoms with Crippen molar-refractivity contribution in [3.63, 3.8) is 0 Å². The Morgan fingerprint density at radius 1 is 1.03 bits per heavy atom. The summed E-state index contributed by atoms with van der Waals surface area (Å²) in [6.07, 6.45) is 0.346. The molecule has 0 saturated heterocycles. The number of carbonyl (C=O) groups excluding carboxylic acids is 2. The molecule has 2 aromatic carbocycles. The molecule has 0 spiro atoms. The third-order valence-corrected chi connectivity index (χ3v) is 7.63. The Balaban J connectivity index is 2.49. The van der Waals surface area contributed by atoms with Gasteiger partial charge in [-0.3, -0.25) is 9.59 Å². The first kappa shape index (κ1) is 29.3. The fourth-order valence-corrected chi connectivity index (χ4v) is 4.69. The van der Waals surface area contributed by atoms with Gasteiger partial charge in [-0.15, -0.1) is 0 Å². The van der Waals surface area contributed by atoms with Gasteiger partial charge < -0.3 is 10.2 Å². The number of hydrogen-bond acceptors (Lipinski definition) is 4. The van der Waals surface area contributed by atoms with E-state index in [9.17, 15) is 22.4 Å². The Hall–Kier alpha value is -2.98. The number of halogens is 1. The number of aryl methyl sites for hydroxylation is 1. The Bertz CT molecular complexity index is 1140. The molecule has 2 rings (SSSR count). The molecule has 0 aliphatic heterocycles. The third-order valence-electron chi connectivity index (χ3n) is 5.81. The number of carbonyl (C=O) groups is 2. The molecular formula is C26H37FN4O4S. The fraction of sp³-hybridized carbons (Fsp3) is 0.462. The molecule has 0 fully saturated rings. The zero-order valence-electron chi connectivity index (χ0n) is 21.9. The molecule has 8 nitrogen and oxygen atoms in total. The summed E-state index contributed by atoms with van der Waals surface area (Å²) in [5.41, 5.74) is 1.94. The van der Waals surface area contributed by atoms with Gasteiger partial charge in [0.2, 0.25) is 11.8 Å². The highest BCUT2D eigenvalue weighted by atomic mass is 32.2. The highest BCUT2D eigenvalue weighted by Crippen LogP contribution is 2.22. The minimum Gasteiger partial charge on any atom is -0.354 e. The maximum atomic E-state index is 13.8. The number of benzene rings is 2. The number of anilines is 1. The van der Waals surface area contributed by atoms with Gasteiger partial charge in [0, 0.05) is 27.2 Å². The van der Waals surface area contributed by atoms with Crippen LogP contribution in [0, 0.1) is 18.7 Å². The lowest BCUT2D eigenvalue weighted by Crippen LogP contribution is -2.53. The normalized spacial score (nSPS) is 12.5. The maximum absolute atomic E-state index is 13.8. The summed E-state index contributed by atoms with van der Waals surface area (Å²) in [6.45, 7) is 7.72. The van der Waals surface area contributed by atoms with E-state index in [1.165, 1.54) is 31.1 Å². The summed E-state index contributed by atoms with van der Waals surface area (Å²) in [5, 5.41) is 2.89. The maximum Gasteiger partial charge on any atom is 0.304 e. The molecule has 1 atom stereocenters. The van der Waals surface area contributed by atoms with Crippen LogP contribution in [0.5, 0.6) is 0 Å². The van der Waals surface area contributed by atoms with Gasteiger partial charge >= 0.3 is 10.2 Å². The molecule has 2 aromatic rings. The van der Waals surface area contributed by atoms with E-state index in [1.54, 1.807) is 0 Å². The molecule has 36 heavy (non-hydrogen) atoms. The molecule has 0 aliphatic rings. The summed E-state index contributed by atoms with van der Waals surface area (Å²) < 4.78 is 41.8. The number of rotatable bonds is 12. The van der Waals surface area contributed by atoms with Gasteiger partial charge in [0.05, 0.1) is 5.69 Å². The lowest BCUT2D eigenvalue weighted by atomic mass is 10.1. The van der Waals surface area contributed by atoms with Gasteiger partial charge in [-0.05, 0) is 54.7 Å². The number of hydrogen-bond donors (Lipinski definition) is 1. The van der Waals surface area contributed by atoms with Crippen molar-refractivity contribution >= 4 is 27.7 Å².